The minimum atomic E-state index is -0.729. The quantitative estimate of drug-likeness (QED) is 0.758. The molecule has 1 aliphatic heterocycles. The molecule has 18 heavy (non-hydrogen) atoms. The highest BCUT2D eigenvalue weighted by Crippen LogP contribution is 2.19. The van der Waals surface area contributed by atoms with Crippen molar-refractivity contribution in [2.75, 3.05) is 19.6 Å². The Morgan fingerprint density at radius 2 is 2.11 bits per heavy atom. The molecule has 2 N–H and O–H groups in total. The van der Waals surface area contributed by atoms with E-state index < -0.39 is 5.54 Å². The molecule has 0 spiro atoms. The average Bonchev–Trinajstić information content (AvgIpc) is 2.82. The van der Waals surface area contributed by atoms with Gasteiger partial charge in [0.1, 0.15) is 5.54 Å². The predicted octanol–water partition coefficient (Wildman–Crippen LogP) is 0.256. The van der Waals surface area contributed by atoms with Gasteiger partial charge in [-0.2, -0.15) is 0 Å². The molecule has 1 heterocycles. The molecule has 5 nitrogen and oxygen atoms in total. The van der Waals surface area contributed by atoms with Gasteiger partial charge in [-0.05, 0) is 26.7 Å². The maximum Gasteiger partial charge on any atom is 0.245 e. The number of nitrogens with zero attached hydrogens (tertiary/aromatic N) is 1. The van der Waals surface area contributed by atoms with E-state index >= 15 is 0 Å². The van der Waals surface area contributed by atoms with E-state index in [0.717, 1.165) is 12.8 Å². The summed E-state index contributed by atoms with van der Waals surface area (Å²) in [5, 5.41) is 6.11. The second kappa shape index (κ2) is 5.26. The topological polar surface area (TPSA) is 61.4 Å². The Kier molecular flexibility index (Phi) is 3.90. The lowest BCUT2D eigenvalue weighted by molar-refractivity contribution is -0.148. The first kappa shape index (κ1) is 13.3. The third-order valence-electron chi connectivity index (χ3n) is 4.05. The summed E-state index contributed by atoms with van der Waals surface area (Å²) < 4.78 is 0. The third-order valence-corrected chi connectivity index (χ3v) is 4.05. The molecule has 1 saturated carbocycles. The summed E-state index contributed by atoms with van der Waals surface area (Å²) in [5.41, 5.74) is -0.729. The van der Waals surface area contributed by atoms with Crippen LogP contribution >= 0.6 is 0 Å². The molecule has 1 saturated heterocycles. The van der Waals surface area contributed by atoms with Crippen molar-refractivity contribution in [3.63, 3.8) is 0 Å². The highest BCUT2D eigenvalue weighted by atomic mass is 16.2. The number of piperazine rings is 1. The SMILES string of the molecule is CC1(C)C(=O)NCCN1C(=O)CNC1CCCC1. The molecular weight excluding hydrogens is 230 g/mol. The molecule has 0 bridgehead atoms. The lowest BCUT2D eigenvalue weighted by Crippen LogP contribution is -2.64. The largest absolute Gasteiger partial charge is 0.352 e. The van der Waals surface area contributed by atoms with Crippen molar-refractivity contribution < 1.29 is 9.59 Å². The Labute approximate surface area is 108 Å². The number of hydrogen-bond donors (Lipinski definition) is 2. The zero-order valence-electron chi connectivity index (χ0n) is 11.3. The average molecular weight is 253 g/mol. The van der Waals surface area contributed by atoms with Crippen molar-refractivity contribution in [2.24, 2.45) is 0 Å². The van der Waals surface area contributed by atoms with Crippen molar-refractivity contribution >= 4 is 11.8 Å². The van der Waals surface area contributed by atoms with Crippen molar-refractivity contribution in [3.8, 4) is 0 Å². The molecule has 0 aromatic heterocycles. The molecule has 0 aromatic carbocycles. The molecule has 102 valence electrons. The fourth-order valence-corrected chi connectivity index (χ4v) is 2.79. The van der Waals surface area contributed by atoms with Crippen molar-refractivity contribution in [3.05, 3.63) is 0 Å². The predicted molar refractivity (Wildman–Crippen MR) is 69.1 cm³/mol. The van der Waals surface area contributed by atoms with Gasteiger partial charge in [-0.15, -0.1) is 0 Å². The smallest absolute Gasteiger partial charge is 0.245 e. The van der Waals surface area contributed by atoms with Gasteiger partial charge in [0.15, 0.2) is 0 Å². The zero-order valence-corrected chi connectivity index (χ0v) is 11.3. The van der Waals surface area contributed by atoms with Crippen LogP contribution in [-0.4, -0.2) is 47.9 Å². The number of rotatable bonds is 3. The molecule has 0 aromatic rings. The number of carbonyl (C=O) groups is 2. The van der Waals surface area contributed by atoms with Gasteiger partial charge in [-0.3, -0.25) is 9.59 Å². The Balaban J connectivity index is 1.89. The summed E-state index contributed by atoms with van der Waals surface area (Å²) in [7, 11) is 0. The van der Waals surface area contributed by atoms with Crippen LogP contribution in [0.3, 0.4) is 0 Å². The van der Waals surface area contributed by atoms with E-state index in [1.54, 1.807) is 18.7 Å². The van der Waals surface area contributed by atoms with Gasteiger partial charge in [-0.1, -0.05) is 12.8 Å². The van der Waals surface area contributed by atoms with E-state index in [4.69, 9.17) is 0 Å². The first-order chi connectivity index (χ1) is 8.51. The van der Waals surface area contributed by atoms with E-state index in [1.165, 1.54) is 12.8 Å². The van der Waals surface area contributed by atoms with Crippen LogP contribution in [0.15, 0.2) is 0 Å². The molecule has 2 aliphatic rings. The monoisotopic (exact) mass is 253 g/mol. The Morgan fingerprint density at radius 1 is 1.44 bits per heavy atom. The zero-order chi connectivity index (χ0) is 13.2. The first-order valence-corrected chi connectivity index (χ1v) is 6.84. The van der Waals surface area contributed by atoms with Gasteiger partial charge < -0.3 is 15.5 Å². The summed E-state index contributed by atoms with van der Waals surface area (Å²) in [6.07, 6.45) is 4.83. The van der Waals surface area contributed by atoms with Gasteiger partial charge in [0, 0.05) is 19.1 Å². The van der Waals surface area contributed by atoms with Crippen LogP contribution in [0.4, 0.5) is 0 Å². The van der Waals surface area contributed by atoms with Gasteiger partial charge in [0.2, 0.25) is 11.8 Å². The minimum absolute atomic E-state index is 0.0294. The number of amides is 2. The van der Waals surface area contributed by atoms with E-state index in [9.17, 15) is 9.59 Å². The molecule has 2 amide bonds. The first-order valence-electron chi connectivity index (χ1n) is 6.84. The Bertz CT molecular complexity index is 335. The van der Waals surface area contributed by atoms with Crippen molar-refractivity contribution in [2.45, 2.75) is 51.1 Å². The summed E-state index contributed by atoms with van der Waals surface area (Å²) in [6, 6.07) is 0.482. The fraction of sp³-hybridized carbons (Fsp3) is 0.846. The van der Waals surface area contributed by atoms with E-state index in [1.807, 2.05) is 0 Å². The van der Waals surface area contributed by atoms with Gasteiger partial charge in [-0.25, -0.2) is 0 Å². The van der Waals surface area contributed by atoms with Gasteiger partial charge >= 0.3 is 0 Å². The molecule has 0 radical (unpaired) electrons. The second-order valence-corrected chi connectivity index (χ2v) is 5.72. The van der Waals surface area contributed by atoms with Crippen LogP contribution < -0.4 is 10.6 Å². The van der Waals surface area contributed by atoms with Gasteiger partial charge in [0.05, 0.1) is 6.54 Å². The van der Waals surface area contributed by atoms with Crippen molar-refractivity contribution in [1.29, 1.82) is 0 Å². The third kappa shape index (κ3) is 2.66. The van der Waals surface area contributed by atoms with Crippen LogP contribution in [0.1, 0.15) is 39.5 Å². The van der Waals surface area contributed by atoms with Crippen molar-refractivity contribution in [1.82, 2.24) is 15.5 Å². The molecule has 0 atom stereocenters. The summed E-state index contributed by atoms with van der Waals surface area (Å²) in [6.45, 7) is 5.10. The fourth-order valence-electron chi connectivity index (χ4n) is 2.79. The number of carbonyl (C=O) groups excluding carboxylic acids is 2. The standard InChI is InChI=1S/C13H23N3O2/c1-13(2)12(18)14-7-8-16(13)11(17)9-15-10-5-3-4-6-10/h10,15H,3-9H2,1-2H3,(H,14,18). The van der Waals surface area contributed by atoms with Crippen LogP contribution in [0.25, 0.3) is 0 Å². The summed E-state index contributed by atoms with van der Waals surface area (Å²) in [4.78, 5) is 25.7. The highest BCUT2D eigenvalue weighted by molar-refractivity contribution is 5.92. The van der Waals surface area contributed by atoms with Crippen LogP contribution in [0.2, 0.25) is 0 Å². The van der Waals surface area contributed by atoms with E-state index in [0.29, 0.717) is 25.7 Å². The maximum absolute atomic E-state index is 12.2. The van der Waals surface area contributed by atoms with Crippen LogP contribution in [0, 0.1) is 0 Å². The summed E-state index contributed by atoms with van der Waals surface area (Å²) >= 11 is 0. The molecule has 1 aliphatic carbocycles. The molecule has 2 rings (SSSR count). The minimum Gasteiger partial charge on any atom is -0.352 e. The summed E-state index contributed by atoms with van der Waals surface area (Å²) in [5.74, 6) is -0.0373. The maximum atomic E-state index is 12.2. The normalized spacial score (nSPS) is 24.1. The molecular formula is C13H23N3O2. The lowest BCUT2D eigenvalue weighted by Gasteiger charge is -2.41. The number of hydrogen-bond acceptors (Lipinski definition) is 3. The number of nitrogens with one attached hydrogen (secondary N) is 2. The molecule has 2 fully saturated rings. The highest BCUT2D eigenvalue weighted by Gasteiger charge is 2.40. The molecule has 0 unspecified atom stereocenters. The lowest BCUT2D eigenvalue weighted by atomic mass is 9.99. The van der Waals surface area contributed by atoms with Crippen LogP contribution in [-0.2, 0) is 9.59 Å². The Morgan fingerprint density at radius 3 is 2.78 bits per heavy atom. The van der Waals surface area contributed by atoms with E-state index in [-0.39, 0.29) is 11.8 Å². The van der Waals surface area contributed by atoms with Gasteiger partial charge in [0.25, 0.3) is 0 Å². The van der Waals surface area contributed by atoms with Crippen LogP contribution in [0.5, 0.6) is 0 Å². The Hall–Kier alpha value is -1.10. The van der Waals surface area contributed by atoms with E-state index in [2.05, 4.69) is 10.6 Å². The second-order valence-electron chi connectivity index (χ2n) is 5.72. The molecule has 5 heteroatoms.